The molecule has 0 radical (unpaired) electrons. The molecule has 27 heavy (non-hydrogen) atoms. The van der Waals surface area contributed by atoms with Gasteiger partial charge in [0.1, 0.15) is 5.75 Å². The van der Waals surface area contributed by atoms with Crippen molar-refractivity contribution in [3.8, 4) is 17.2 Å². The normalized spacial score (nSPS) is 11.0. The third-order valence-electron chi connectivity index (χ3n) is 3.95. The van der Waals surface area contributed by atoms with Crippen LogP contribution in [0.4, 0.5) is 0 Å². The smallest absolute Gasteiger partial charge is 0.191 e. The van der Waals surface area contributed by atoms with Gasteiger partial charge in [-0.2, -0.15) is 0 Å². The molecule has 0 saturated carbocycles. The number of nitrogens with zero attached hydrogens (tertiary/aromatic N) is 1. The molecule has 0 bridgehead atoms. The summed E-state index contributed by atoms with van der Waals surface area (Å²) in [6, 6.07) is 13.8. The fourth-order valence-corrected chi connectivity index (χ4v) is 2.71. The second-order valence-electron chi connectivity index (χ2n) is 5.74. The summed E-state index contributed by atoms with van der Waals surface area (Å²) in [4.78, 5) is 4.68. The molecule has 2 rings (SSSR count). The molecule has 0 heterocycles. The Balaban J connectivity index is 2.11. The molecule has 0 atom stereocenters. The summed E-state index contributed by atoms with van der Waals surface area (Å²) in [5.41, 5.74) is 2.05. The number of methoxy groups -OCH3 is 2. The minimum Gasteiger partial charge on any atom is -0.494 e. The van der Waals surface area contributed by atoms with Gasteiger partial charge in [0.05, 0.1) is 27.4 Å². The van der Waals surface area contributed by atoms with Crippen LogP contribution in [0.15, 0.2) is 47.5 Å². The molecular formula is C21H29N3O3. The van der Waals surface area contributed by atoms with Crippen LogP contribution in [0.2, 0.25) is 0 Å². The van der Waals surface area contributed by atoms with E-state index in [2.05, 4.69) is 15.6 Å². The number of hydrogen-bond donors (Lipinski definition) is 2. The largest absolute Gasteiger partial charge is 0.494 e. The molecule has 2 aromatic rings. The summed E-state index contributed by atoms with van der Waals surface area (Å²) in [5, 5.41) is 6.63. The summed E-state index contributed by atoms with van der Waals surface area (Å²) < 4.78 is 16.5. The highest BCUT2D eigenvalue weighted by Gasteiger charge is 2.09. The standard InChI is InChI=1S/C21H29N3O3/c1-5-22-21(23-14-16-10-7-8-12-18(16)27-6-2)24-15-17-11-9-13-19(25-3)20(17)26-4/h7-13H,5-6,14-15H2,1-4H3,(H2,22,23,24). The van der Waals surface area contributed by atoms with E-state index in [1.807, 2.05) is 56.3 Å². The third-order valence-corrected chi connectivity index (χ3v) is 3.95. The van der Waals surface area contributed by atoms with Crippen LogP contribution in [-0.4, -0.2) is 33.3 Å². The number of benzene rings is 2. The first kappa shape index (κ1) is 20.4. The number of guanidine groups is 1. The number of para-hydroxylation sites is 2. The molecule has 0 aliphatic carbocycles. The van der Waals surface area contributed by atoms with Crippen molar-refractivity contribution in [2.24, 2.45) is 4.99 Å². The highest BCUT2D eigenvalue weighted by molar-refractivity contribution is 5.79. The monoisotopic (exact) mass is 371 g/mol. The lowest BCUT2D eigenvalue weighted by atomic mass is 10.2. The zero-order valence-electron chi connectivity index (χ0n) is 16.5. The van der Waals surface area contributed by atoms with E-state index in [0.717, 1.165) is 29.4 Å². The Morgan fingerprint density at radius 2 is 1.63 bits per heavy atom. The summed E-state index contributed by atoms with van der Waals surface area (Å²) in [7, 11) is 3.27. The quantitative estimate of drug-likeness (QED) is 0.523. The highest BCUT2D eigenvalue weighted by atomic mass is 16.5. The summed E-state index contributed by atoms with van der Waals surface area (Å²) >= 11 is 0. The van der Waals surface area contributed by atoms with E-state index in [-0.39, 0.29) is 0 Å². The average molecular weight is 371 g/mol. The lowest BCUT2D eigenvalue weighted by Crippen LogP contribution is -2.36. The molecule has 0 unspecified atom stereocenters. The van der Waals surface area contributed by atoms with Crippen molar-refractivity contribution in [1.29, 1.82) is 0 Å². The number of ether oxygens (including phenoxy) is 3. The molecule has 0 spiro atoms. The van der Waals surface area contributed by atoms with E-state index < -0.39 is 0 Å². The van der Waals surface area contributed by atoms with Crippen LogP contribution in [0.25, 0.3) is 0 Å². The number of aliphatic imine (C=N–C) groups is 1. The molecule has 6 heteroatoms. The lowest BCUT2D eigenvalue weighted by molar-refractivity contribution is 0.336. The molecule has 6 nitrogen and oxygen atoms in total. The van der Waals surface area contributed by atoms with Crippen molar-refractivity contribution in [2.45, 2.75) is 26.9 Å². The maximum Gasteiger partial charge on any atom is 0.191 e. The molecule has 0 aromatic heterocycles. The van der Waals surface area contributed by atoms with Crippen molar-refractivity contribution in [2.75, 3.05) is 27.4 Å². The Labute approximate surface area is 161 Å². The Morgan fingerprint density at radius 1 is 0.889 bits per heavy atom. The van der Waals surface area contributed by atoms with Gasteiger partial charge in [0, 0.05) is 24.2 Å². The predicted molar refractivity (Wildman–Crippen MR) is 109 cm³/mol. The molecule has 0 aliphatic rings. The van der Waals surface area contributed by atoms with E-state index in [4.69, 9.17) is 14.2 Å². The van der Waals surface area contributed by atoms with Crippen molar-refractivity contribution in [3.05, 3.63) is 53.6 Å². The topological polar surface area (TPSA) is 64.1 Å². The molecule has 0 saturated heterocycles. The van der Waals surface area contributed by atoms with Gasteiger partial charge >= 0.3 is 0 Å². The van der Waals surface area contributed by atoms with Gasteiger partial charge in [-0.05, 0) is 26.0 Å². The van der Waals surface area contributed by atoms with Gasteiger partial charge in [0.15, 0.2) is 17.5 Å². The molecule has 0 aliphatic heterocycles. The van der Waals surface area contributed by atoms with E-state index in [1.54, 1.807) is 14.2 Å². The predicted octanol–water partition coefficient (Wildman–Crippen LogP) is 3.36. The fourth-order valence-electron chi connectivity index (χ4n) is 2.71. The van der Waals surface area contributed by atoms with Gasteiger partial charge in [-0.25, -0.2) is 4.99 Å². The van der Waals surface area contributed by atoms with Crippen LogP contribution >= 0.6 is 0 Å². The zero-order chi connectivity index (χ0) is 19.5. The summed E-state index contributed by atoms with van der Waals surface area (Å²) in [5.74, 6) is 3.03. The van der Waals surface area contributed by atoms with E-state index in [0.29, 0.717) is 31.2 Å². The Morgan fingerprint density at radius 3 is 2.33 bits per heavy atom. The zero-order valence-corrected chi connectivity index (χ0v) is 16.5. The van der Waals surface area contributed by atoms with Crippen LogP contribution in [-0.2, 0) is 13.1 Å². The third kappa shape index (κ3) is 5.81. The second kappa shape index (κ2) is 11.0. The minimum absolute atomic E-state index is 0.475. The minimum atomic E-state index is 0.475. The van der Waals surface area contributed by atoms with Crippen molar-refractivity contribution >= 4 is 5.96 Å². The molecular weight excluding hydrogens is 342 g/mol. The van der Waals surface area contributed by atoms with Gasteiger partial charge < -0.3 is 24.8 Å². The lowest BCUT2D eigenvalue weighted by Gasteiger charge is -2.15. The highest BCUT2D eigenvalue weighted by Crippen LogP contribution is 2.31. The van der Waals surface area contributed by atoms with Crippen molar-refractivity contribution in [1.82, 2.24) is 10.6 Å². The van der Waals surface area contributed by atoms with Crippen LogP contribution in [0.1, 0.15) is 25.0 Å². The maximum absolute atomic E-state index is 5.68. The van der Waals surface area contributed by atoms with E-state index in [1.165, 1.54) is 0 Å². The van der Waals surface area contributed by atoms with Crippen molar-refractivity contribution in [3.63, 3.8) is 0 Å². The average Bonchev–Trinajstić information content (AvgIpc) is 2.70. The Kier molecular flexibility index (Phi) is 8.29. The molecule has 2 N–H and O–H groups in total. The maximum atomic E-state index is 5.68. The second-order valence-corrected chi connectivity index (χ2v) is 5.74. The molecule has 146 valence electrons. The SMILES string of the molecule is CCNC(=NCc1cccc(OC)c1OC)NCc1ccccc1OCC. The van der Waals surface area contributed by atoms with Gasteiger partial charge in [-0.3, -0.25) is 0 Å². The summed E-state index contributed by atoms with van der Waals surface area (Å²) in [6.07, 6.45) is 0. The molecule has 2 aromatic carbocycles. The van der Waals surface area contributed by atoms with Gasteiger partial charge in [-0.15, -0.1) is 0 Å². The Hall–Kier alpha value is -2.89. The first-order valence-electron chi connectivity index (χ1n) is 9.16. The van der Waals surface area contributed by atoms with Gasteiger partial charge in [0.25, 0.3) is 0 Å². The van der Waals surface area contributed by atoms with Crippen LogP contribution in [0.3, 0.4) is 0 Å². The number of rotatable bonds is 9. The van der Waals surface area contributed by atoms with Crippen LogP contribution < -0.4 is 24.8 Å². The first-order chi connectivity index (χ1) is 13.2. The van der Waals surface area contributed by atoms with Crippen LogP contribution in [0, 0.1) is 0 Å². The Bertz CT molecular complexity index is 747. The van der Waals surface area contributed by atoms with Gasteiger partial charge in [0.2, 0.25) is 0 Å². The molecule has 0 amide bonds. The fraction of sp³-hybridized carbons (Fsp3) is 0.381. The van der Waals surface area contributed by atoms with E-state index >= 15 is 0 Å². The molecule has 0 fully saturated rings. The van der Waals surface area contributed by atoms with Gasteiger partial charge in [-0.1, -0.05) is 30.3 Å². The number of nitrogens with one attached hydrogen (secondary N) is 2. The number of hydrogen-bond acceptors (Lipinski definition) is 4. The summed E-state index contributed by atoms with van der Waals surface area (Å²) in [6.45, 7) is 6.53. The van der Waals surface area contributed by atoms with Crippen LogP contribution in [0.5, 0.6) is 17.2 Å². The first-order valence-corrected chi connectivity index (χ1v) is 9.16. The van der Waals surface area contributed by atoms with E-state index in [9.17, 15) is 0 Å². The van der Waals surface area contributed by atoms with Crippen molar-refractivity contribution < 1.29 is 14.2 Å².